The highest BCUT2D eigenvalue weighted by Crippen LogP contribution is 2.27. The summed E-state index contributed by atoms with van der Waals surface area (Å²) in [6, 6.07) is 10.3. The van der Waals surface area contributed by atoms with E-state index in [9.17, 15) is 8.42 Å². The molecule has 1 N–H and O–H groups in total. The van der Waals surface area contributed by atoms with Crippen LogP contribution in [0.15, 0.2) is 45.8 Å². The van der Waals surface area contributed by atoms with Gasteiger partial charge in [-0.15, -0.1) is 0 Å². The van der Waals surface area contributed by atoms with E-state index in [-0.39, 0.29) is 4.90 Å². The van der Waals surface area contributed by atoms with Crippen LogP contribution >= 0.6 is 15.9 Å². The van der Waals surface area contributed by atoms with Crippen molar-refractivity contribution in [3.05, 3.63) is 52.0 Å². The topological polar surface area (TPSA) is 55.4 Å². The van der Waals surface area contributed by atoms with E-state index in [0.717, 1.165) is 16.9 Å². The highest BCUT2D eigenvalue weighted by molar-refractivity contribution is 9.10. The van der Waals surface area contributed by atoms with E-state index in [2.05, 4.69) is 20.7 Å². The first-order valence-corrected chi connectivity index (χ1v) is 8.55. The van der Waals surface area contributed by atoms with E-state index in [1.807, 2.05) is 13.8 Å². The largest absolute Gasteiger partial charge is 0.496 e. The first kappa shape index (κ1) is 15.9. The van der Waals surface area contributed by atoms with Crippen LogP contribution in [-0.4, -0.2) is 15.5 Å². The molecule has 0 aliphatic rings. The Bertz CT molecular complexity index is 772. The second-order valence-corrected chi connectivity index (χ2v) is 7.23. The molecule has 2 aromatic rings. The number of hydrogen-bond acceptors (Lipinski definition) is 3. The molecule has 21 heavy (non-hydrogen) atoms. The fourth-order valence-electron chi connectivity index (χ4n) is 1.98. The summed E-state index contributed by atoms with van der Waals surface area (Å²) < 4.78 is 33.1. The predicted octanol–water partition coefficient (Wildman–Crippen LogP) is 3.88. The number of anilines is 1. The fourth-order valence-corrected chi connectivity index (χ4v) is 4.22. The van der Waals surface area contributed by atoms with Crippen LogP contribution in [0.2, 0.25) is 0 Å². The molecule has 4 nitrogen and oxygen atoms in total. The van der Waals surface area contributed by atoms with Crippen molar-refractivity contribution < 1.29 is 13.2 Å². The van der Waals surface area contributed by atoms with Crippen LogP contribution in [0, 0.1) is 13.8 Å². The number of nitrogens with one attached hydrogen (secondary N) is 1. The molecule has 0 unspecified atom stereocenters. The number of hydrogen-bond donors (Lipinski definition) is 1. The average Bonchev–Trinajstić information content (AvgIpc) is 2.37. The van der Waals surface area contributed by atoms with Gasteiger partial charge in [0.2, 0.25) is 0 Å². The number of ether oxygens (including phenoxy) is 1. The number of aryl methyl sites for hydroxylation is 2. The highest BCUT2D eigenvalue weighted by Gasteiger charge is 2.18. The van der Waals surface area contributed by atoms with E-state index in [1.165, 1.54) is 0 Å². The zero-order valence-electron chi connectivity index (χ0n) is 12.0. The maximum atomic E-state index is 12.4. The van der Waals surface area contributed by atoms with E-state index < -0.39 is 10.0 Å². The van der Waals surface area contributed by atoms with Crippen molar-refractivity contribution in [1.29, 1.82) is 0 Å². The molecule has 0 radical (unpaired) electrons. The Hall–Kier alpha value is -1.53. The highest BCUT2D eigenvalue weighted by atomic mass is 79.9. The molecule has 0 amide bonds. The van der Waals surface area contributed by atoms with Crippen molar-refractivity contribution in [1.82, 2.24) is 0 Å². The summed E-state index contributed by atoms with van der Waals surface area (Å²) in [5.74, 6) is 0.717. The average molecular weight is 370 g/mol. The lowest BCUT2D eigenvalue weighted by molar-refractivity contribution is 0.412. The standard InChI is InChI=1S/C15H16BrNO3S/c1-10-4-7-15(13(16)8-10)21(18,19)17-12-5-6-14(20-3)11(2)9-12/h4-9,17H,1-3H3. The van der Waals surface area contributed by atoms with Crippen LogP contribution in [0.3, 0.4) is 0 Å². The molecule has 0 saturated carbocycles. The van der Waals surface area contributed by atoms with Crippen LogP contribution in [0.25, 0.3) is 0 Å². The molecule has 2 aromatic carbocycles. The zero-order valence-corrected chi connectivity index (χ0v) is 14.4. The third kappa shape index (κ3) is 3.57. The summed E-state index contributed by atoms with van der Waals surface area (Å²) in [7, 11) is -2.06. The Kier molecular flexibility index (Phi) is 4.58. The minimum atomic E-state index is -3.63. The lowest BCUT2D eigenvalue weighted by atomic mass is 10.2. The Labute approximate surface area is 133 Å². The number of halogens is 1. The van der Waals surface area contributed by atoms with Crippen LogP contribution < -0.4 is 9.46 Å². The van der Waals surface area contributed by atoms with Gasteiger partial charge in [-0.25, -0.2) is 8.42 Å². The van der Waals surface area contributed by atoms with Gasteiger partial charge in [-0.2, -0.15) is 0 Å². The summed E-state index contributed by atoms with van der Waals surface area (Å²) in [6.07, 6.45) is 0. The van der Waals surface area contributed by atoms with Crippen molar-refractivity contribution >= 4 is 31.6 Å². The van der Waals surface area contributed by atoms with E-state index in [0.29, 0.717) is 10.2 Å². The van der Waals surface area contributed by atoms with Gasteiger partial charge in [0.1, 0.15) is 10.6 Å². The van der Waals surface area contributed by atoms with Crippen LogP contribution in [-0.2, 0) is 10.0 Å². The van der Waals surface area contributed by atoms with Crippen molar-refractivity contribution in [3.63, 3.8) is 0 Å². The van der Waals surface area contributed by atoms with Gasteiger partial charge in [0.05, 0.1) is 7.11 Å². The van der Waals surface area contributed by atoms with Gasteiger partial charge in [0, 0.05) is 10.2 Å². The van der Waals surface area contributed by atoms with Crippen LogP contribution in [0.4, 0.5) is 5.69 Å². The van der Waals surface area contributed by atoms with Crippen molar-refractivity contribution in [2.45, 2.75) is 18.7 Å². The maximum absolute atomic E-state index is 12.4. The smallest absolute Gasteiger partial charge is 0.263 e. The molecule has 6 heteroatoms. The maximum Gasteiger partial charge on any atom is 0.263 e. The molecule has 0 spiro atoms. The minimum absolute atomic E-state index is 0.210. The normalized spacial score (nSPS) is 11.2. The molecule has 0 fully saturated rings. The lowest BCUT2D eigenvalue weighted by Crippen LogP contribution is -2.13. The summed E-state index contributed by atoms with van der Waals surface area (Å²) in [5.41, 5.74) is 2.35. The third-order valence-corrected chi connectivity index (χ3v) is 5.38. The number of sulfonamides is 1. The SMILES string of the molecule is COc1ccc(NS(=O)(=O)c2ccc(C)cc2Br)cc1C. The second kappa shape index (κ2) is 6.07. The summed E-state index contributed by atoms with van der Waals surface area (Å²) in [4.78, 5) is 0.210. The van der Waals surface area contributed by atoms with Gasteiger partial charge in [-0.3, -0.25) is 4.72 Å². The number of benzene rings is 2. The Morgan fingerprint density at radius 1 is 1.10 bits per heavy atom. The van der Waals surface area contributed by atoms with E-state index in [4.69, 9.17) is 4.74 Å². The second-order valence-electron chi connectivity index (χ2n) is 4.72. The van der Waals surface area contributed by atoms with Gasteiger partial charge in [0.15, 0.2) is 0 Å². The molecule has 0 aliphatic heterocycles. The molecule has 2 rings (SSSR count). The van der Waals surface area contributed by atoms with Crippen molar-refractivity contribution in [2.75, 3.05) is 11.8 Å². The molecule has 0 bridgehead atoms. The third-order valence-electron chi connectivity index (χ3n) is 3.02. The van der Waals surface area contributed by atoms with Gasteiger partial charge in [-0.1, -0.05) is 6.07 Å². The van der Waals surface area contributed by atoms with Gasteiger partial charge in [-0.05, 0) is 71.2 Å². The molecule has 0 heterocycles. The Morgan fingerprint density at radius 3 is 2.38 bits per heavy atom. The first-order chi connectivity index (χ1) is 9.83. The molecule has 112 valence electrons. The summed E-state index contributed by atoms with van der Waals surface area (Å²) >= 11 is 3.29. The fraction of sp³-hybridized carbons (Fsp3) is 0.200. The van der Waals surface area contributed by atoms with Gasteiger partial charge >= 0.3 is 0 Å². The molecule has 0 atom stereocenters. The van der Waals surface area contributed by atoms with Crippen molar-refractivity contribution in [3.8, 4) is 5.75 Å². The number of methoxy groups -OCH3 is 1. The minimum Gasteiger partial charge on any atom is -0.496 e. The first-order valence-electron chi connectivity index (χ1n) is 6.27. The van der Waals surface area contributed by atoms with Gasteiger partial charge < -0.3 is 4.74 Å². The summed E-state index contributed by atoms with van der Waals surface area (Å²) in [5, 5.41) is 0. The van der Waals surface area contributed by atoms with E-state index in [1.54, 1.807) is 43.5 Å². The monoisotopic (exact) mass is 369 g/mol. The number of rotatable bonds is 4. The molecular weight excluding hydrogens is 354 g/mol. The Balaban J connectivity index is 2.35. The molecule has 0 saturated heterocycles. The van der Waals surface area contributed by atoms with Crippen molar-refractivity contribution in [2.24, 2.45) is 0 Å². The summed E-state index contributed by atoms with van der Waals surface area (Å²) in [6.45, 7) is 3.76. The van der Waals surface area contributed by atoms with Crippen LogP contribution in [0.1, 0.15) is 11.1 Å². The molecule has 0 aliphatic carbocycles. The molecule has 0 aromatic heterocycles. The van der Waals surface area contributed by atoms with E-state index >= 15 is 0 Å². The molecular formula is C15H16BrNO3S. The Morgan fingerprint density at radius 2 is 1.81 bits per heavy atom. The zero-order chi connectivity index (χ0) is 15.6. The van der Waals surface area contributed by atoms with Crippen LogP contribution in [0.5, 0.6) is 5.75 Å². The quantitative estimate of drug-likeness (QED) is 0.889. The lowest BCUT2D eigenvalue weighted by Gasteiger charge is -2.12. The van der Waals surface area contributed by atoms with Gasteiger partial charge in [0.25, 0.3) is 10.0 Å². The predicted molar refractivity (Wildman–Crippen MR) is 87.4 cm³/mol.